The SMILES string of the molecule is CCCOC1CCC(c2ccc(C(=O)OSc3ccccc3)cc2)CC1. The second-order valence-corrected chi connectivity index (χ2v) is 7.54. The third kappa shape index (κ3) is 5.36. The molecular weight excluding hydrogens is 344 g/mol. The minimum absolute atomic E-state index is 0.304. The number of benzene rings is 2. The van der Waals surface area contributed by atoms with Gasteiger partial charge < -0.3 is 8.92 Å². The van der Waals surface area contributed by atoms with Gasteiger partial charge in [-0.2, -0.15) is 0 Å². The van der Waals surface area contributed by atoms with Gasteiger partial charge >= 0.3 is 5.97 Å². The Labute approximate surface area is 160 Å². The first-order valence-corrected chi connectivity index (χ1v) is 10.2. The van der Waals surface area contributed by atoms with Gasteiger partial charge in [-0.25, -0.2) is 4.79 Å². The highest BCUT2D eigenvalue weighted by molar-refractivity contribution is 7.95. The molecule has 0 bridgehead atoms. The van der Waals surface area contributed by atoms with E-state index in [1.165, 1.54) is 5.56 Å². The van der Waals surface area contributed by atoms with Gasteiger partial charge in [-0.05, 0) is 67.9 Å². The zero-order valence-electron chi connectivity index (χ0n) is 15.2. The van der Waals surface area contributed by atoms with E-state index in [-0.39, 0.29) is 5.97 Å². The minimum Gasteiger partial charge on any atom is -0.382 e. The van der Waals surface area contributed by atoms with Crippen LogP contribution in [0.1, 0.15) is 60.9 Å². The van der Waals surface area contributed by atoms with Crippen molar-refractivity contribution in [1.82, 2.24) is 0 Å². The van der Waals surface area contributed by atoms with Crippen molar-refractivity contribution in [1.29, 1.82) is 0 Å². The average molecular weight is 371 g/mol. The standard InChI is InChI=1S/C22H26O3S/c1-2-16-24-20-14-12-18(13-15-20)17-8-10-19(11-9-17)22(23)25-26-21-6-4-3-5-7-21/h3-11,18,20H,2,12-16H2,1H3. The van der Waals surface area contributed by atoms with Gasteiger partial charge in [-0.1, -0.05) is 37.3 Å². The molecule has 0 N–H and O–H groups in total. The second-order valence-electron chi connectivity index (χ2n) is 6.73. The van der Waals surface area contributed by atoms with Crippen molar-refractivity contribution < 1.29 is 13.7 Å². The first kappa shape index (κ1) is 19.0. The molecule has 0 aromatic heterocycles. The van der Waals surface area contributed by atoms with Crippen LogP contribution < -0.4 is 0 Å². The van der Waals surface area contributed by atoms with E-state index in [1.54, 1.807) is 0 Å². The van der Waals surface area contributed by atoms with E-state index in [4.69, 9.17) is 8.92 Å². The van der Waals surface area contributed by atoms with Crippen LogP contribution in [0.2, 0.25) is 0 Å². The van der Waals surface area contributed by atoms with Gasteiger partial charge in [0.05, 0.1) is 23.7 Å². The molecule has 2 aromatic carbocycles. The van der Waals surface area contributed by atoms with Gasteiger partial charge in [0.25, 0.3) is 0 Å². The van der Waals surface area contributed by atoms with Crippen molar-refractivity contribution in [3.63, 3.8) is 0 Å². The number of hydrogen-bond donors (Lipinski definition) is 0. The molecule has 26 heavy (non-hydrogen) atoms. The Morgan fingerprint density at radius 3 is 2.35 bits per heavy atom. The normalized spacial score (nSPS) is 19.9. The zero-order valence-corrected chi connectivity index (χ0v) is 16.0. The molecule has 0 aliphatic heterocycles. The van der Waals surface area contributed by atoms with E-state index in [0.717, 1.165) is 55.6 Å². The van der Waals surface area contributed by atoms with Crippen LogP contribution >= 0.6 is 12.0 Å². The molecule has 0 atom stereocenters. The molecule has 0 amide bonds. The Morgan fingerprint density at radius 2 is 1.69 bits per heavy atom. The summed E-state index contributed by atoms with van der Waals surface area (Å²) in [6.45, 7) is 3.02. The zero-order chi connectivity index (χ0) is 18.2. The maximum atomic E-state index is 12.2. The number of hydrogen-bond acceptors (Lipinski definition) is 4. The van der Waals surface area contributed by atoms with E-state index < -0.39 is 0 Å². The molecule has 138 valence electrons. The van der Waals surface area contributed by atoms with Gasteiger partial charge in [-0.3, -0.25) is 0 Å². The summed E-state index contributed by atoms with van der Waals surface area (Å²) in [6, 6.07) is 17.5. The van der Waals surface area contributed by atoms with Crippen molar-refractivity contribution in [2.24, 2.45) is 0 Å². The molecule has 3 nitrogen and oxygen atoms in total. The molecule has 1 aliphatic carbocycles. The van der Waals surface area contributed by atoms with Crippen LogP contribution in [0.15, 0.2) is 59.5 Å². The number of carbonyl (C=O) groups is 1. The smallest absolute Gasteiger partial charge is 0.350 e. The van der Waals surface area contributed by atoms with Crippen LogP contribution in [0, 0.1) is 0 Å². The summed E-state index contributed by atoms with van der Waals surface area (Å²) >= 11 is 1.10. The molecule has 0 unspecified atom stereocenters. The molecule has 0 heterocycles. The minimum atomic E-state index is -0.304. The Kier molecular flexibility index (Phi) is 7.15. The molecule has 3 rings (SSSR count). The van der Waals surface area contributed by atoms with E-state index in [2.05, 4.69) is 19.1 Å². The van der Waals surface area contributed by atoms with Crippen LogP contribution in [-0.4, -0.2) is 18.7 Å². The molecule has 1 aliphatic rings. The van der Waals surface area contributed by atoms with Crippen molar-refractivity contribution in [3.8, 4) is 0 Å². The van der Waals surface area contributed by atoms with Crippen molar-refractivity contribution in [2.75, 3.05) is 6.61 Å². The Hall–Kier alpha value is -1.78. The number of carbonyl (C=O) groups excluding carboxylic acids is 1. The van der Waals surface area contributed by atoms with Crippen LogP contribution in [0.3, 0.4) is 0 Å². The lowest BCUT2D eigenvalue weighted by Gasteiger charge is -2.28. The van der Waals surface area contributed by atoms with E-state index in [0.29, 0.717) is 17.6 Å². The van der Waals surface area contributed by atoms with Crippen LogP contribution in [-0.2, 0) is 8.92 Å². The summed E-state index contributed by atoms with van der Waals surface area (Å²) < 4.78 is 11.2. The maximum Gasteiger partial charge on any atom is 0.350 e. The molecule has 4 heteroatoms. The second kappa shape index (κ2) is 9.79. The molecule has 0 saturated heterocycles. The summed E-state index contributed by atoms with van der Waals surface area (Å²) in [7, 11) is 0. The van der Waals surface area contributed by atoms with E-state index in [9.17, 15) is 4.79 Å². The van der Waals surface area contributed by atoms with E-state index in [1.807, 2.05) is 42.5 Å². The predicted octanol–water partition coefficient (Wildman–Crippen LogP) is 6.00. The van der Waals surface area contributed by atoms with Gasteiger partial charge in [0.2, 0.25) is 0 Å². The first-order chi connectivity index (χ1) is 12.8. The number of rotatable bonds is 7. The molecule has 1 saturated carbocycles. The van der Waals surface area contributed by atoms with Crippen LogP contribution in [0.25, 0.3) is 0 Å². The summed E-state index contributed by atoms with van der Waals surface area (Å²) in [6.07, 6.45) is 6.07. The predicted molar refractivity (Wildman–Crippen MR) is 105 cm³/mol. The summed E-state index contributed by atoms with van der Waals surface area (Å²) in [4.78, 5) is 13.1. The molecule has 1 fully saturated rings. The van der Waals surface area contributed by atoms with Crippen molar-refractivity contribution in [3.05, 3.63) is 65.7 Å². The third-order valence-corrected chi connectivity index (χ3v) is 5.51. The Morgan fingerprint density at radius 1 is 1.00 bits per heavy atom. The Bertz CT molecular complexity index is 676. The van der Waals surface area contributed by atoms with Crippen LogP contribution in [0.5, 0.6) is 0 Å². The van der Waals surface area contributed by atoms with Gasteiger partial charge in [-0.15, -0.1) is 0 Å². The molecular formula is C22H26O3S. The Balaban J connectivity index is 1.49. The molecule has 2 aromatic rings. The lowest BCUT2D eigenvalue weighted by molar-refractivity contribution is 0.0251. The fraction of sp³-hybridized carbons (Fsp3) is 0.409. The summed E-state index contributed by atoms with van der Waals surface area (Å²) in [5.74, 6) is 0.266. The largest absolute Gasteiger partial charge is 0.382 e. The van der Waals surface area contributed by atoms with Crippen molar-refractivity contribution in [2.45, 2.75) is 55.9 Å². The third-order valence-electron chi connectivity index (χ3n) is 4.81. The average Bonchev–Trinajstić information content (AvgIpc) is 2.72. The molecule has 0 spiro atoms. The lowest BCUT2D eigenvalue weighted by Crippen LogP contribution is -2.21. The summed E-state index contributed by atoms with van der Waals surface area (Å²) in [5.41, 5.74) is 1.91. The first-order valence-electron chi connectivity index (χ1n) is 9.41. The fourth-order valence-corrected chi connectivity index (χ4v) is 3.89. The summed E-state index contributed by atoms with van der Waals surface area (Å²) in [5, 5.41) is 0. The number of ether oxygens (including phenoxy) is 1. The highest BCUT2D eigenvalue weighted by Crippen LogP contribution is 2.34. The van der Waals surface area contributed by atoms with Gasteiger partial charge in [0, 0.05) is 11.5 Å². The highest BCUT2D eigenvalue weighted by Gasteiger charge is 2.23. The lowest BCUT2D eigenvalue weighted by atomic mass is 9.82. The monoisotopic (exact) mass is 370 g/mol. The van der Waals surface area contributed by atoms with Crippen molar-refractivity contribution >= 4 is 18.0 Å². The maximum absolute atomic E-state index is 12.2. The van der Waals surface area contributed by atoms with Gasteiger partial charge in [0.1, 0.15) is 0 Å². The highest BCUT2D eigenvalue weighted by atomic mass is 32.2. The van der Waals surface area contributed by atoms with Gasteiger partial charge in [0.15, 0.2) is 0 Å². The van der Waals surface area contributed by atoms with E-state index >= 15 is 0 Å². The fourth-order valence-electron chi connectivity index (χ4n) is 3.35. The molecule has 0 radical (unpaired) electrons. The quantitative estimate of drug-likeness (QED) is 0.560. The topological polar surface area (TPSA) is 35.5 Å². The van der Waals surface area contributed by atoms with Crippen LogP contribution in [0.4, 0.5) is 0 Å².